The monoisotopic (exact) mass is 254 g/mol. The molecule has 5 heteroatoms. The summed E-state index contributed by atoms with van der Waals surface area (Å²) >= 11 is 0. The van der Waals surface area contributed by atoms with Crippen LogP contribution >= 0.6 is 0 Å². The molecule has 2 fully saturated rings. The van der Waals surface area contributed by atoms with Gasteiger partial charge < -0.3 is 14.7 Å². The van der Waals surface area contributed by atoms with Gasteiger partial charge in [0, 0.05) is 19.0 Å². The molecule has 0 radical (unpaired) electrons. The van der Waals surface area contributed by atoms with Crippen LogP contribution in [0.2, 0.25) is 0 Å². The van der Waals surface area contributed by atoms with E-state index >= 15 is 0 Å². The quantitative estimate of drug-likeness (QED) is 0.659. The molecule has 5 nitrogen and oxygen atoms in total. The summed E-state index contributed by atoms with van der Waals surface area (Å²) in [6.07, 6.45) is 0.399. The Bertz CT molecular complexity index is 335. The van der Waals surface area contributed by atoms with Crippen LogP contribution in [0.15, 0.2) is 0 Å². The second-order valence-electron chi connectivity index (χ2n) is 5.82. The Hall–Kier alpha value is -1.10. The van der Waals surface area contributed by atoms with Crippen molar-refractivity contribution in [2.75, 3.05) is 39.8 Å². The minimum Gasteiger partial charge on any atom is -0.339 e. The molecule has 2 heterocycles. The summed E-state index contributed by atoms with van der Waals surface area (Å²) in [5.74, 6) is 0.195. The van der Waals surface area contributed by atoms with Crippen LogP contribution in [0.1, 0.15) is 20.3 Å². The summed E-state index contributed by atoms with van der Waals surface area (Å²) in [6, 6.07) is 0.201. The molecule has 2 saturated heterocycles. The van der Waals surface area contributed by atoms with E-state index in [1.54, 1.807) is 0 Å². The molecule has 0 aromatic heterocycles. The van der Waals surface area contributed by atoms with Gasteiger partial charge >= 0.3 is 0 Å². The molecule has 0 aromatic carbocycles. The molecule has 102 valence electrons. The Morgan fingerprint density at radius 3 is 2.44 bits per heavy atom. The lowest BCUT2D eigenvalue weighted by Crippen LogP contribution is -3.12. The van der Waals surface area contributed by atoms with Crippen LogP contribution in [0.4, 0.5) is 0 Å². The van der Waals surface area contributed by atoms with Crippen LogP contribution in [0.3, 0.4) is 0 Å². The van der Waals surface area contributed by atoms with Crippen LogP contribution < -0.4 is 4.90 Å². The Morgan fingerprint density at radius 1 is 1.33 bits per heavy atom. The molecule has 0 aromatic rings. The van der Waals surface area contributed by atoms with Crippen LogP contribution in [-0.2, 0) is 9.59 Å². The van der Waals surface area contributed by atoms with Gasteiger partial charge in [-0.05, 0) is 13.8 Å². The molecular formula is C13H24N3O2+. The highest BCUT2D eigenvalue weighted by Crippen LogP contribution is 2.22. The normalized spacial score (nSPS) is 26.2. The molecule has 2 aliphatic rings. The lowest BCUT2D eigenvalue weighted by molar-refractivity contribution is -0.883. The minimum atomic E-state index is -0.113. The predicted octanol–water partition coefficient (Wildman–Crippen LogP) is -1.40. The van der Waals surface area contributed by atoms with Gasteiger partial charge in [-0.1, -0.05) is 0 Å². The lowest BCUT2D eigenvalue weighted by atomic mass is 10.1. The zero-order chi connectivity index (χ0) is 13.3. The van der Waals surface area contributed by atoms with Crippen LogP contribution in [-0.4, -0.2) is 67.4 Å². The molecule has 0 unspecified atom stereocenters. The van der Waals surface area contributed by atoms with Gasteiger partial charge in [-0.15, -0.1) is 0 Å². The van der Waals surface area contributed by atoms with Crippen LogP contribution in [0, 0.1) is 5.92 Å². The maximum Gasteiger partial charge on any atom is 0.228 e. The molecule has 18 heavy (non-hydrogen) atoms. The molecule has 1 atom stereocenters. The first-order valence-electron chi connectivity index (χ1n) is 6.88. The summed E-state index contributed by atoms with van der Waals surface area (Å²) in [7, 11) is 2.15. The van der Waals surface area contributed by atoms with E-state index in [-0.39, 0.29) is 23.8 Å². The predicted molar refractivity (Wildman–Crippen MR) is 68.2 cm³/mol. The van der Waals surface area contributed by atoms with Crippen molar-refractivity contribution in [2.24, 2.45) is 5.92 Å². The summed E-state index contributed by atoms with van der Waals surface area (Å²) in [5.41, 5.74) is 0. The number of carbonyl (C=O) groups is 2. The van der Waals surface area contributed by atoms with Crippen molar-refractivity contribution in [3.05, 3.63) is 0 Å². The second kappa shape index (κ2) is 5.26. The average molecular weight is 254 g/mol. The van der Waals surface area contributed by atoms with Gasteiger partial charge in [0.1, 0.15) is 0 Å². The van der Waals surface area contributed by atoms with Gasteiger partial charge in [0.2, 0.25) is 11.8 Å². The fourth-order valence-electron chi connectivity index (χ4n) is 2.76. The number of nitrogens with one attached hydrogen (secondary N) is 1. The maximum absolute atomic E-state index is 12.4. The van der Waals surface area contributed by atoms with Gasteiger partial charge in [0.05, 0.1) is 39.1 Å². The number of nitrogens with zero attached hydrogens (tertiary/aromatic N) is 2. The van der Waals surface area contributed by atoms with E-state index in [0.29, 0.717) is 13.0 Å². The van der Waals surface area contributed by atoms with E-state index in [0.717, 1.165) is 26.2 Å². The lowest BCUT2D eigenvalue weighted by Gasteiger charge is -2.31. The second-order valence-corrected chi connectivity index (χ2v) is 5.82. The van der Waals surface area contributed by atoms with E-state index in [4.69, 9.17) is 0 Å². The van der Waals surface area contributed by atoms with Crippen molar-refractivity contribution < 1.29 is 14.5 Å². The SMILES string of the molecule is CC(C)N1C[C@@H](C(=O)N2CC[NH+](C)CC2)CC1=O. The van der Waals surface area contributed by atoms with Crippen molar-refractivity contribution in [3.8, 4) is 0 Å². The number of carbonyl (C=O) groups excluding carboxylic acids is 2. The van der Waals surface area contributed by atoms with E-state index in [9.17, 15) is 9.59 Å². The number of hydrogen-bond acceptors (Lipinski definition) is 2. The Kier molecular flexibility index (Phi) is 3.90. The van der Waals surface area contributed by atoms with Crippen molar-refractivity contribution in [3.63, 3.8) is 0 Å². The average Bonchev–Trinajstić information content (AvgIpc) is 2.71. The van der Waals surface area contributed by atoms with Crippen molar-refractivity contribution >= 4 is 11.8 Å². The Morgan fingerprint density at radius 2 is 1.94 bits per heavy atom. The van der Waals surface area contributed by atoms with E-state index in [1.807, 2.05) is 23.6 Å². The molecular weight excluding hydrogens is 230 g/mol. The van der Waals surface area contributed by atoms with Gasteiger partial charge in [0.15, 0.2) is 0 Å². The highest BCUT2D eigenvalue weighted by atomic mass is 16.2. The number of likely N-dealkylation sites (tertiary alicyclic amines) is 1. The van der Waals surface area contributed by atoms with Crippen molar-refractivity contribution in [1.29, 1.82) is 0 Å². The number of likely N-dealkylation sites (N-methyl/N-ethyl adjacent to an activating group) is 1. The molecule has 1 N–H and O–H groups in total. The van der Waals surface area contributed by atoms with Gasteiger partial charge in [-0.2, -0.15) is 0 Å². The summed E-state index contributed by atoms with van der Waals surface area (Å²) in [4.78, 5) is 29.4. The van der Waals surface area contributed by atoms with E-state index in [2.05, 4.69) is 7.05 Å². The van der Waals surface area contributed by atoms with Crippen LogP contribution in [0.5, 0.6) is 0 Å². The fourth-order valence-corrected chi connectivity index (χ4v) is 2.76. The molecule has 2 amide bonds. The van der Waals surface area contributed by atoms with Crippen molar-refractivity contribution in [2.45, 2.75) is 26.3 Å². The summed E-state index contributed by atoms with van der Waals surface area (Å²) < 4.78 is 0. The number of amides is 2. The van der Waals surface area contributed by atoms with E-state index < -0.39 is 0 Å². The summed E-state index contributed by atoms with van der Waals surface area (Å²) in [6.45, 7) is 8.30. The molecule has 0 bridgehead atoms. The minimum absolute atomic E-state index is 0.113. The third-order valence-corrected chi connectivity index (χ3v) is 4.06. The summed E-state index contributed by atoms with van der Waals surface area (Å²) in [5, 5.41) is 0. The number of piperazine rings is 1. The zero-order valence-corrected chi connectivity index (χ0v) is 11.6. The van der Waals surface area contributed by atoms with Crippen molar-refractivity contribution in [1.82, 2.24) is 9.80 Å². The molecule has 0 aliphatic carbocycles. The first-order chi connectivity index (χ1) is 8.49. The highest BCUT2D eigenvalue weighted by molar-refractivity contribution is 5.89. The Balaban J connectivity index is 1.93. The maximum atomic E-state index is 12.4. The third kappa shape index (κ3) is 2.66. The van der Waals surface area contributed by atoms with Gasteiger partial charge in [-0.25, -0.2) is 0 Å². The molecule has 2 rings (SSSR count). The van der Waals surface area contributed by atoms with E-state index in [1.165, 1.54) is 4.90 Å². The zero-order valence-electron chi connectivity index (χ0n) is 11.6. The number of quaternary nitrogens is 1. The fraction of sp³-hybridized carbons (Fsp3) is 0.846. The van der Waals surface area contributed by atoms with Gasteiger partial charge in [0.25, 0.3) is 0 Å². The van der Waals surface area contributed by atoms with Gasteiger partial charge in [-0.3, -0.25) is 9.59 Å². The molecule has 0 spiro atoms. The highest BCUT2D eigenvalue weighted by Gasteiger charge is 2.38. The topological polar surface area (TPSA) is 45.1 Å². The first kappa shape index (κ1) is 13.3. The standard InChI is InChI=1S/C13H23N3O2/c1-10(2)16-9-11(8-12(16)17)13(18)15-6-4-14(3)5-7-15/h10-11H,4-9H2,1-3H3/p+1/t11-/m0/s1. The molecule has 2 aliphatic heterocycles. The first-order valence-corrected chi connectivity index (χ1v) is 6.88. The molecule has 0 saturated carbocycles. The Labute approximate surface area is 109 Å². The number of rotatable bonds is 2. The van der Waals surface area contributed by atoms with Crippen LogP contribution in [0.25, 0.3) is 0 Å². The largest absolute Gasteiger partial charge is 0.339 e. The third-order valence-electron chi connectivity index (χ3n) is 4.06. The smallest absolute Gasteiger partial charge is 0.228 e. The number of hydrogen-bond donors (Lipinski definition) is 1.